The number of carbonyl (C=O) groups excluding carboxylic acids is 1. The summed E-state index contributed by atoms with van der Waals surface area (Å²) in [5, 5.41) is 17.1. The van der Waals surface area contributed by atoms with Gasteiger partial charge in [-0.25, -0.2) is 4.79 Å². The molecule has 1 saturated heterocycles. The number of likely N-dealkylation sites (tertiary alicyclic amines) is 1. The van der Waals surface area contributed by atoms with Crippen molar-refractivity contribution in [1.29, 1.82) is 0 Å². The fourth-order valence-electron chi connectivity index (χ4n) is 2.47. The number of hydrogen-bond acceptors (Lipinski definition) is 4. The molecule has 116 valence electrons. The monoisotopic (exact) mass is 294 g/mol. The van der Waals surface area contributed by atoms with E-state index in [0.29, 0.717) is 25.4 Å². The molecule has 1 atom stereocenters. The molecule has 1 amide bonds. The topological polar surface area (TPSA) is 88.3 Å². The predicted molar refractivity (Wildman–Crippen MR) is 75.8 cm³/mol. The third kappa shape index (κ3) is 3.80. The summed E-state index contributed by atoms with van der Waals surface area (Å²) in [6.45, 7) is 5.41. The Morgan fingerprint density at radius 2 is 2.19 bits per heavy atom. The maximum atomic E-state index is 12.4. The zero-order chi connectivity index (χ0) is 15.4. The van der Waals surface area contributed by atoms with E-state index in [1.807, 2.05) is 0 Å². The van der Waals surface area contributed by atoms with Crippen LogP contribution in [-0.4, -0.2) is 49.5 Å². The molecular formula is C14H22N4O3. The molecule has 1 unspecified atom stereocenters. The van der Waals surface area contributed by atoms with Gasteiger partial charge in [0.1, 0.15) is 6.04 Å². The summed E-state index contributed by atoms with van der Waals surface area (Å²) < 4.78 is 1.65. The van der Waals surface area contributed by atoms with Crippen LogP contribution in [0.3, 0.4) is 0 Å². The summed E-state index contributed by atoms with van der Waals surface area (Å²) in [7, 11) is 0. The van der Waals surface area contributed by atoms with Crippen molar-refractivity contribution in [2.24, 2.45) is 5.92 Å². The van der Waals surface area contributed by atoms with E-state index in [-0.39, 0.29) is 11.6 Å². The lowest BCUT2D eigenvalue weighted by atomic mass is 10.0. The fraction of sp³-hybridized carbons (Fsp3) is 0.714. The molecule has 1 fully saturated rings. The highest BCUT2D eigenvalue weighted by atomic mass is 16.4. The molecular weight excluding hydrogens is 272 g/mol. The quantitative estimate of drug-likeness (QED) is 0.887. The second kappa shape index (κ2) is 6.69. The highest BCUT2D eigenvalue weighted by Gasteiger charge is 2.33. The maximum Gasteiger partial charge on any atom is 0.326 e. The second-order valence-electron chi connectivity index (χ2n) is 5.90. The normalized spacial score (nSPS) is 19.0. The molecule has 0 saturated carbocycles. The minimum atomic E-state index is -0.949. The van der Waals surface area contributed by atoms with Crippen molar-refractivity contribution in [3.05, 3.63) is 11.9 Å². The third-order valence-electron chi connectivity index (χ3n) is 3.74. The molecule has 0 bridgehead atoms. The van der Waals surface area contributed by atoms with Crippen LogP contribution < -0.4 is 0 Å². The summed E-state index contributed by atoms with van der Waals surface area (Å²) in [6, 6.07) is -0.743. The van der Waals surface area contributed by atoms with Crippen LogP contribution in [-0.2, 0) is 11.3 Å². The SMILES string of the molecule is CC(C)CCn1cc(C(=O)N2CCCCC2C(=O)O)nn1. The van der Waals surface area contributed by atoms with Gasteiger partial charge in [-0.2, -0.15) is 0 Å². The fourth-order valence-corrected chi connectivity index (χ4v) is 2.47. The number of aromatic nitrogens is 3. The number of hydrogen-bond donors (Lipinski definition) is 1. The van der Waals surface area contributed by atoms with E-state index in [9.17, 15) is 14.7 Å². The molecule has 7 heteroatoms. The molecule has 1 aromatic rings. The van der Waals surface area contributed by atoms with Crippen LogP contribution in [0.4, 0.5) is 0 Å². The first-order valence-electron chi connectivity index (χ1n) is 7.43. The summed E-state index contributed by atoms with van der Waals surface area (Å²) in [5.74, 6) is -0.736. The van der Waals surface area contributed by atoms with Gasteiger partial charge in [0.2, 0.25) is 0 Å². The molecule has 2 heterocycles. The van der Waals surface area contributed by atoms with E-state index >= 15 is 0 Å². The lowest BCUT2D eigenvalue weighted by molar-refractivity contribution is -0.143. The number of carboxylic acid groups (broad SMARTS) is 1. The predicted octanol–water partition coefficient (Wildman–Crippen LogP) is 1.40. The number of aryl methyl sites for hydroxylation is 1. The van der Waals surface area contributed by atoms with E-state index < -0.39 is 12.0 Å². The second-order valence-corrected chi connectivity index (χ2v) is 5.90. The van der Waals surface area contributed by atoms with E-state index in [0.717, 1.165) is 19.3 Å². The van der Waals surface area contributed by atoms with Gasteiger partial charge in [0.25, 0.3) is 5.91 Å². The van der Waals surface area contributed by atoms with Crippen molar-refractivity contribution in [3.63, 3.8) is 0 Å². The van der Waals surface area contributed by atoms with Crippen molar-refractivity contribution in [2.75, 3.05) is 6.54 Å². The smallest absolute Gasteiger partial charge is 0.326 e. The van der Waals surface area contributed by atoms with Crippen molar-refractivity contribution in [1.82, 2.24) is 19.9 Å². The zero-order valence-electron chi connectivity index (χ0n) is 12.5. The van der Waals surface area contributed by atoms with Gasteiger partial charge in [0.05, 0.1) is 6.20 Å². The van der Waals surface area contributed by atoms with E-state index in [2.05, 4.69) is 24.2 Å². The Morgan fingerprint density at radius 1 is 1.43 bits per heavy atom. The average Bonchev–Trinajstić information content (AvgIpc) is 2.93. The first-order chi connectivity index (χ1) is 9.99. The largest absolute Gasteiger partial charge is 0.480 e. The molecule has 1 N–H and O–H groups in total. The minimum Gasteiger partial charge on any atom is -0.480 e. The lowest BCUT2D eigenvalue weighted by Crippen LogP contribution is -2.48. The van der Waals surface area contributed by atoms with Gasteiger partial charge < -0.3 is 10.0 Å². The number of carbonyl (C=O) groups is 2. The lowest BCUT2D eigenvalue weighted by Gasteiger charge is -2.32. The number of carboxylic acids is 1. The van der Waals surface area contributed by atoms with Gasteiger partial charge in [-0.15, -0.1) is 5.10 Å². The number of nitrogens with zero attached hydrogens (tertiary/aromatic N) is 4. The van der Waals surface area contributed by atoms with Crippen LogP contribution in [0.15, 0.2) is 6.20 Å². The van der Waals surface area contributed by atoms with Crippen molar-refractivity contribution in [3.8, 4) is 0 Å². The molecule has 21 heavy (non-hydrogen) atoms. The van der Waals surface area contributed by atoms with Gasteiger partial charge in [-0.05, 0) is 31.6 Å². The molecule has 0 aromatic carbocycles. The Kier molecular flexibility index (Phi) is 4.93. The Labute approximate surface area is 123 Å². The van der Waals surface area contributed by atoms with Crippen LogP contribution in [0.2, 0.25) is 0 Å². The van der Waals surface area contributed by atoms with Gasteiger partial charge in [-0.3, -0.25) is 9.48 Å². The number of rotatable bonds is 5. The molecule has 2 rings (SSSR count). The first kappa shape index (κ1) is 15.5. The summed E-state index contributed by atoms with van der Waals surface area (Å²) in [4.78, 5) is 25.1. The molecule has 7 nitrogen and oxygen atoms in total. The summed E-state index contributed by atoms with van der Waals surface area (Å²) >= 11 is 0. The minimum absolute atomic E-state index is 0.229. The van der Waals surface area contributed by atoms with E-state index in [1.54, 1.807) is 10.9 Å². The summed E-state index contributed by atoms with van der Waals surface area (Å²) in [6.07, 6.45) is 4.73. The van der Waals surface area contributed by atoms with Crippen LogP contribution in [0.1, 0.15) is 50.0 Å². The van der Waals surface area contributed by atoms with Gasteiger partial charge in [0, 0.05) is 13.1 Å². The Morgan fingerprint density at radius 3 is 2.86 bits per heavy atom. The molecule has 0 aliphatic carbocycles. The highest BCUT2D eigenvalue weighted by Crippen LogP contribution is 2.19. The molecule has 1 aliphatic rings. The van der Waals surface area contributed by atoms with E-state index in [4.69, 9.17) is 0 Å². The van der Waals surface area contributed by atoms with E-state index in [1.165, 1.54) is 4.90 Å². The van der Waals surface area contributed by atoms with Crippen molar-refractivity contribution in [2.45, 2.75) is 52.1 Å². The Balaban J connectivity index is 2.06. The highest BCUT2D eigenvalue weighted by molar-refractivity contribution is 5.94. The molecule has 1 aromatic heterocycles. The molecule has 0 spiro atoms. The van der Waals surface area contributed by atoms with Crippen molar-refractivity contribution < 1.29 is 14.7 Å². The van der Waals surface area contributed by atoms with Crippen LogP contribution >= 0.6 is 0 Å². The Hall–Kier alpha value is -1.92. The molecule has 0 radical (unpaired) electrons. The number of amides is 1. The third-order valence-corrected chi connectivity index (χ3v) is 3.74. The number of aliphatic carboxylic acids is 1. The van der Waals surface area contributed by atoms with Crippen molar-refractivity contribution >= 4 is 11.9 Å². The first-order valence-corrected chi connectivity index (χ1v) is 7.43. The molecule has 1 aliphatic heterocycles. The zero-order valence-corrected chi connectivity index (χ0v) is 12.5. The van der Waals surface area contributed by atoms with Gasteiger partial charge >= 0.3 is 5.97 Å². The summed E-state index contributed by atoms with van der Waals surface area (Å²) in [5.41, 5.74) is 0.229. The Bertz CT molecular complexity index is 512. The van der Waals surface area contributed by atoms with Gasteiger partial charge in [0.15, 0.2) is 5.69 Å². The number of piperidine rings is 1. The van der Waals surface area contributed by atoms with Crippen LogP contribution in [0.25, 0.3) is 0 Å². The maximum absolute atomic E-state index is 12.4. The standard InChI is InChI=1S/C14H22N4O3/c1-10(2)6-8-17-9-11(15-16-17)13(19)18-7-4-3-5-12(18)14(20)21/h9-10,12H,3-8H2,1-2H3,(H,20,21). The van der Waals surface area contributed by atoms with Gasteiger partial charge in [-0.1, -0.05) is 19.1 Å². The average molecular weight is 294 g/mol. The van der Waals surface area contributed by atoms with Crippen LogP contribution in [0, 0.1) is 5.92 Å². The van der Waals surface area contributed by atoms with Crippen LogP contribution in [0.5, 0.6) is 0 Å².